The second kappa shape index (κ2) is 6.02. The van der Waals surface area contributed by atoms with E-state index < -0.39 is 0 Å². The molecule has 0 spiro atoms. The molecule has 1 aromatic carbocycles. The van der Waals surface area contributed by atoms with Crippen molar-refractivity contribution in [3.8, 4) is 17.1 Å². The van der Waals surface area contributed by atoms with Crippen molar-refractivity contribution in [3.05, 3.63) is 29.0 Å². The quantitative estimate of drug-likeness (QED) is 0.841. The second-order valence-corrected chi connectivity index (χ2v) is 5.08. The van der Waals surface area contributed by atoms with Gasteiger partial charge in [-0.25, -0.2) is 0 Å². The Hall–Kier alpha value is -1.62. The first kappa shape index (κ1) is 13.8. The van der Waals surface area contributed by atoms with Crippen LogP contribution in [0, 0.1) is 4.77 Å². The summed E-state index contributed by atoms with van der Waals surface area (Å²) < 4.78 is 8.30. The topological polar surface area (TPSA) is 42.8 Å². The van der Waals surface area contributed by atoms with Gasteiger partial charge in [0.1, 0.15) is 5.75 Å². The predicted octanol–water partition coefficient (Wildman–Crippen LogP) is 3.98. The number of rotatable bonds is 5. The minimum absolute atomic E-state index is 0.265. The maximum Gasteiger partial charge on any atom is 0.195 e. The molecule has 1 heterocycles. The van der Waals surface area contributed by atoms with E-state index in [1.165, 1.54) is 0 Å². The molecule has 1 N–H and O–H groups in total. The van der Waals surface area contributed by atoms with Gasteiger partial charge in [-0.05, 0) is 44.6 Å². The number of nitrogens with one attached hydrogen (secondary N) is 1. The van der Waals surface area contributed by atoms with E-state index in [4.69, 9.17) is 17.0 Å². The summed E-state index contributed by atoms with van der Waals surface area (Å²) in [6, 6.07) is 8.21. The number of aromatic amines is 1. The lowest BCUT2D eigenvalue weighted by Crippen LogP contribution is -2.03. The fourth-order valence-corrected chi connectivity index (χ4v) is 2.28. The molecule has 0 aliphatic carbocycles. The summed E-state index contributed by atoms with van der Waals surface area (Å²) in [7, 11) is 0. The number of hydrogen-bond acceptors (Lipinski definition) is 3. The Morgan fingerprint density at radius 1 is 1.42 bits per heavy atom. The lowest BCUT2D eigenvalue weighted by atomic mass is 10.2. The van der Waals surface area contributed by atoms with Crippen LogP contribution in [0.3, 0.4) is 0 Å². The van der Waals surface area contributed by atoms with E-state index in [9.17, 15) is 0 Å². The number of H-pyrrole nitrogens is 1. The summed E-state index contributed by atoms with van der Waals surface area (Å²) in [6.07, 6.45) is 0.995. The Kier molecular flexibility index (Phi) is 4.37. The fraction of sp³-hybridized carbons (Fsp3) is 0.429. The van der Waals surface area contributed by atoms with Crippen LogP contribution in [0.4, 0.5) is 0 Å². The van der Waals surface area contributed by atoms with Gasteiger partial charge < -0.3 is 4.74 Å². The minimum atomic E-state index is 0.265. The standard InChI is InChI=1S/C14H19N3OS/c1-4-8-18-12-7-5-6-11(9-12)13-15-16-14(19)17(13)10(2)3/h5-7,9-10H,4,8H2,1-3H3,(H,16,19). The maximum absolute atomic E-state index is 5.65. The fourth-order valence-electron chi connectivity index (χ4n) is 1.93. The Balaban J connectivity index is 2.39. The van der Waals surface area contributed by atoms with E-state index in [1.807, 2.05) is 28.8 Å². The molecule has 1 aromatic heterocycles. The predicted molar refractivity (Wildman–Crippen MR) is 79.0 cm³/mol. The van der Waals surface area contributed by atoms with Gasteiger partial charge in [-0.15, -0.1) is 0 Å². The second-order valence-electron chi connectivity index (χ2n) is 4.69. The van der Waals surface area contributed by atoms with Crippen molar-refractivity contribution < 1.29 is 4.74 Å². The molecule has 2 rings (SSSR count). The van der Waals surface area contributed by atoms with Crippen LogP contribution in [-0.2, 0) is 0 Å². The van der Waals surface area contributed by atoms with Crippen LogP contribution in [0.15, 0.2) is 24.3 Å². The lowest BCUT2D eigenvalue weighted by Gasteiger charge is -2.11. The van der Waals surface area contributed by atoms with Gasteiger partial charge in [-0.2, -0.15) is 5.10 Å². The number of hydrogen-bond donors (Lipinski definition) is 1. The van der Waals surface area contributed by atoms with Crippen molar-refractivity contribution in [1.82, 2.24) is 14.8 Å². The Morgan fingerprint density at radius 2 is 2.21 bits per heavy atom. The first-order valence-corrected chi connectivity index (χ1v) is 6.94. The number of benzene rings is 1. The third-order valence-corrected chi connectivity index (χ3v) is 3.07. The molecule has 0 bridgehead atoms. The molecule has 0 aliphatic rings. The van der Waals surface area contributed by atoms with E-state index in [1.54, 1.807) is 0 Å². The van der Waals surface area contributed by atoms with Crippen molar-refractivity contribution in [3.63, 3.8) is 0 Å². The summed E-state index contributed by atoms with van der Waals surface area (Å²) in [5.74, 6) is 1.71. The highest BCUT2D eigenvalue weighted by Gasteiger charge is 2.11. The molecular formula is C14H19N3OS. The molecular weight excluding hydrogens is 258 g/mol. The van der Waals surface area contributed by atoms with Crippen LogP contribution < -0.4 is 4.74 Å². The van der Waals surface area contributed by atoms with Gasteiger partial charge in [0.25, 0.3) is 0 Å². The molecule has 2 aromatic rings. The van der Waals surface area contributed by atoms with Crippen molar-refractivity contribution in [2.24, 2.45) is 0 Å². The molecule has 0 saturated heterocycles. The van der Waals surface area contributed by atoms with Crippen LogP contribution in [0.2, 0.25) is 0 Å². The zero-order valence-electron chi connectivity index (χ0n) is 11.5. The zero-order valence-corrected chi connectivity index (χ0v) is 12.3. The van der Waals surface area contributed by atoms with Gasteiger partial charge in [-0.3, -0.25) is 9.67 Å². The summed E-state index contributed by atoms with van der Waals surface area (Å²) in [5.41, 5.74) is 1.01. The highest BCUT2D eigenvalue weighted by atomic mass is 32.1. The van der Waals surface area contributed by atoms with Crippen molar-refractivity contribution in [2.75, 3.05) is 6.61 Å². The molecule has 4 nitrogen and oxygen atoms in total. The van der Waals surface area contributed by atoms with E-state index in [-0.39, 0.29) is 6.04 Å². The Morgan fingerprint density at radius 3 is 2.89 bits per heavy atom. The molecule has 5 heteroatoms. The van der Waals surface area contributed by atoms with Crippen LogP contribution in [0.1, 0.15) is 33.2 Å². The van der Waals surface area contributed by atoms with Gasteiger partial charge in [0, 0.05) is 11.6 Å². The summed E-state index contributed by atoms with van der Waals surface area (Å²) in [6.45, 7) is 6.99. The van der Waals surface area contributed by atoms with Crippen molar-refractivity contribution >= 4 is 12.2 Å². The average Bonchev–Trinajstić information content (AvgIpc) is 2.79. The minimum Gasteiger partial charge on any atom is -0.494 e. The molecule has 0 aliphatic heterocycles. The highest BCUT2D eigenvalue weighted by molar-refractivity contribution is 7.71. The van der Waals surface area contributed by atoms with E-state index in [0.717, 1.165) is 30.2 Å². The lowest BCUT2D eigenvalue weighted by molar-refractivity contribution is 0.317. The normalized spacial score (nSPS) is 10.9. The third kappa shape index (κ3) is 3.04. The average molecular weight is 277 g/mol. The summed E-state index contributed by atoms with van der Waals surface area (Å²) in [4.78, 5) is 0. The Bertz CT molecular complexity index is 601. The van der Waals surface area contributed by atoms with Gasteiger partial charge in [0.05, 0.1) is 6.61 Å². The molecule has 19 heavy (non-hydrogen) atoms. The smallest absolute Gasteiger partial charge is 0.195 e. The van der Waals surface area contributed by atoms with E-state index in [0.29, 0.717) is 4.77 Å². The van der Waals surface area contributed by atoms with Gasteiger partial charge in [0.2, 0.25) is 0 Å². The van der Waals surface area contributed by atoms with Gasteiger partial charge in [0.15, 0.2) is 10.6 Å². The van der Waals surface area contributed by atoms with Crippen LogP contribution >= 0.6 is 12.2 Å². The van der Waals surface area contributed by atoms with Gasteiger partial charge >= 0.3 is 0 Å². The monoisotopic (exact) mass is 277 g/mol. The van der Waals surface area contributed by atoms with Gasteiger partial charge in [-0.1, -0.05) is 19.1 Å². The summed E-state index contributed by atoms with van der Waals surface area (Å²) in [5, 5.41) is 7.17. The largest absolute Gasteiger partial charge is 0.494 e. The van der Waals surface area contributed by atoms with Crippen LogP contribution in [0.25, 0.3) is 11.4 Å². The number of ether oxygens (including phenoxy) is 1. The molecule has 102 valence electrons. The first-order valence-electron chi connectivity index (χ1n) is 6.53. The van der Waals surface area contributed by atoms with Crippen LogP contribution in [-0.4, -0.2) is 21.4 Å². The summed E-state index contributed by atoms with van der Waals surface area (Å²) >= 11 is 5.27. The molecule has 0 amide bonds. The zero-order chi connectivity index (χ0) is 13.8. The number of aromatic nitrogens is 3. The molecule has 0 fully saturated rings. The molecule has 0 saturated carbocycles. The van der Waals surface area contributed by atoms with Crippen molar-refractivity contribution in [1.29, 1.82) is 0 Å². The van der Waals surface area contributed by atoms with Crippen LogP contribution in [0.5, 0.6) is 5.75 Å². The highest BCUT2D eigenvalue weighted by Crippen LogP contribution is 2.24. The number of nitrogens with zero attached hydrogens (tertiary/aromatic N) is 2. The van der Waals surface area contributed by atoms with E-state index in [2.05, 4.69) is 31.0 Å². The maximum atomic E-state index is 5.65. The van der Waals surface area contributed by atoms with Crippen molar-refractivity contribution in [2.45, 2.75) is 33.2 Å². The Labute approximate surface area is 118 Å². The molecule has 0 atom stereocenters. The van der Waals surface area contributed by atoms with E-state index >= 15 is 0 Å². The third-order valence-electron chi connectivity index (χ3n) is 2.79. The SMILES string of the molecule is CCCOc1cccc(-c2n[nH]c(=S)n2C(C)C)c1. The first-order chi connectivity index (χ1) is 9.13. The molecule has 0 radical (unpaired) electrons. The molecule has 0 unspecified atom stereocenters.